The van der Waals surface area contributed by atoms with E-state index in [1.165, 1.54) is 19.2 Å². The zero-order chi connectivity index (χ0) is 16.8. The number of nitrogens with zero attached hydrogens (tertiary/aromatic N) is 1. The average Bonchev–Trinajstić information content (AvgIpc) is 2.54. The predicted molar refractivity (Wildman–Crippen MR) is 90.9 cm³/mol. The normalized spacial score (nSPS) is 10.0. The number of ether oxygens (including phenoxy) is 1. The quantitative estimate of drug-likeness (QED) is 0.592. The molecule has 0 atom stereocenters. The van der Waals surface area contributed by atoms with Crippen LogP contribution < -0.4 is 15.4 Å². The summed E-state index contributed by atoms with van der Waals surface area (Å²) in [5.74, 6) is -0.0381. The summed E-state index contributed by atoms with van der Waals surface area (Å²) in [5, 5.41) is 16.5. The van der Waals surface area contributed by atoms with Crippen LogP contribution in [-0.4, -0.2) is 24.5 Å². The molecule has 0 heterocycles. The Hall–Kier alpha value is -2.61. The number of rotatable bonds is 6. The van der Waals surface area contributed by atoms with Crippen LogP contribution in [0.1, 0.15) is 0 Å². The van der Waals surface area contributed by atoms with Crippen molar-refractivity contribution in [3.05, 3.63) is 57.1 Å². The third kappa shape index (κ3) is 4.68. The van der Waals surface area contributed by atoms with Gasteiger partial charge in [-0.2, -0.15) is 0 Å². The van der Waals surface area contributed by atoms with Crippen molar-refractivity contribution < 1.29 is 14.5 Å². The van der Waals surface area contributed by atoms with Crippen LogP contribution in [0.3, 0.4) is 0 Å². The first kappa shape index (κ1) is 16.8. The highest BCUT2D eigenvalue weighted by atomic mass is 79.9. The molecule has 0 spiro atoms. The summed E-state index contributed by atoms with van der Waals surface area (Å²) in [4.78, 5) is 22.4. The summed E-state index contributed by atoms with van der Waals surface area (Å²) in [6.07, 6.45) is 0. The number of benzene rings is 2. The molecule has 2 rings (SSSR count). The molecule has 0 radical (unpaired) electrons. The second kappa shape index (κ2) is 7.59. The van der Waals surface area contributed by atoms with Crippen LogP contribution in [0.2, 0.25) is 0 Å². The van der Waals surface area contributed by atoms with Gasteiger partial charge in [-0.25, -0.2) is 0 Å². The Morgan fingerprint density at radius 3 is 2.57 bits per heavy atom. The first-order chi connectivity index (χ1) is 11.0. The Morgan fingerprint density at radius 2 is 1.96 bits per heavy atom. The van der Waals surface area contributed by atoms with Gasteiger partial charge in [0.2, 0.25) is 5.91 Å². The summed E-state index contributed by atoms with van der Waals surface area (Å²) in [6, 6.07) is 11.6. The van der Waals surface area contributed by atoms with Crippen LogP contribution in [0.4, 0.5) is 17.1 Å². The maximum atomic E-state index is 11.9. The van der Waals surface area contributed by atoms with Gasteiger partial charge in [0.15, 0.2) is 0 Å². The van der Waals surface area contributed by atoms with Crippen molar-refractivity contribution in [3.8, 4) is 5.75 Å². The van der Waals surface area contributed by atoms with Gasteiger partial charge in [0.05, 0.1) is 24.6 Å². The van der Waals surface area contributed by atoms with Gasteiger partial charge in [-0.3, -0.25) is 14.9 Å². The Balaban J connectivity index is 2.02. The number of nitro groups is 1. The molecule has 7 nitrogen and oxygen atoms in total. The number of methoxy groups -OCH3 is 1. The molecule has 23 heavy (non-hydrogen) atoms. The molecular formula is C15H14BrN3O4. The van der Waals surface area contributed by atoms with E-state index in [2.05, 4.69) is 26.6 Å². The highest BCUT2D eigenvalue weighted by Crippen LogP contribution is 2.28. The van der Waals surface area contributed by atoms with E-state index in [4.69, 9.17) is 4.74 Å². The number of amides is 1. The highest BCUT2D eigenvalue weighted by Gasteiger charge is 2.17. The number of hydrogen-bond donors (Lipinski definition) is 2. The van der Waals surface area contributed by atoms with Gasteiger partial charge >= 0.3 is 0 Å². The van der Waals surface area contributed by atoms with Crippen molar-refractivity contribution in [1.29, 1.82) is 0 Å². The molecule has 0 aromatic heterocycles. The minimum Gasteiger partial charge on any atom is -0.496 e. The molecule has 0 unspecified atom stereocenters. The monoisotopic (exact) mass is 379 g/mol. The topological polar surface area (TPSA) is 93.5 Å². The number of anilines is 2. The van der Waals surface area contributed by atoms with Crippen LogP contribution in [0.25, 0.3) is 0 Å². The minimum absolute atomic E-state index is 0.00911. The van der Waals surface area contributed by atoms with Gasteiger partial charge in [-0.1, -0.05) is 15.9 Å². The Kier molecular flexibility index (Phi) is 5.53. The van der Waals surface area contributed by atoms with E-state index in [9.17, 15) is 14.9 Å². The third-order valence-corrected chi connectivity index (χ3v) is 3.50. The van der Waals surface area contributed by atoms with Crippen LogP contribution in [-0.2, 0) is 4.79 Å². The second-order valence-corrected chi connectivity index (χ2v) is 5.46. The number of nitro benzene ring substituents is 1. The van der Waals surface area contributed by atoms with Crippen molar-refractivity contribution in [3.63, 3.8) is 0 Å². The molecule has 8 heteroatoms. The fourth-order valence-corrected chi connectivity index (χ4v) is 2.10. The average molecular weight is 380 g/mol. The number of carbonyl (C=O) groups excluding carboxylic acids is 1. The smallest absolute Gasteiger partial charge is 0.296 e. The standard InChI is InChI=1S/C15H14BrN3O4/c1-23-12-6-7-13(14(8-12)19(21)22)18-15(20)9-17-11-4-2-10(16)3-5-11/h2-8,17H,9H2,1H3,(H,18,20). The fourth-order valence-electron chi connectivity index (χ4n) is 1.84. The lowest BCUT2D eigenvalue weighted by Crippen LogP contribution is -2.22. The van der Waals surface area contributed by atoms with Crippen molar-refractivity contribution in [1.82, 2.24) is 0 Å². The zero-order valence-corrected chi connectivity index (χ0v) is 13.8. The van der Waals surface area contributed by atoms with Crippen LogP contribution in [0.5, 0.6) is 5.75 Å². The molecule has 0 saturated heterocycles. The van der Waals surface area contributed by atoms with Gasteiger partial charge in [0.1, 0.15) is 11.4 Å². The minimum atomic E-state index is -0.569. The predicted octanol–water partition coefficient (Wildman–Crippen LogP) is 3.42. The van der Waals surface area contributed by atoms with E-state index in [-0.39, 0.29) is 23.8 Å². The van der Waals surface area contributed by atoms with Gasteiger partial charge in [-0.05, 0) is 36.4 Å². The second-order valence-electron chi connectivity index (χ2n) is 4.55. The summed E-state index contributed by atoms with van der Waals surface area (Å²) < 4.78 is 5.88. The highest BCUT2D eigenvalue weighted by molar-refractivity contribution is 9.10. The summed E-state index contributed by atoms with van der Waals surface area (Å²) in [7, 11) is 1.42. The first-order valence-corrected chi connectivity index (χ1v) is 7.40. The lowest BCUT2D eigenvalue weighted by Gasteiger charge is -2.09. The number of carbonyl (C=O) groups is 1. The molecule has 0 aliphatic heterocycles. The van der Waals surface area contributed by atoms with E-state index in [0.717, 1.165) is 10.2 Å². The molecule has 0 saturated carbocycles. The molecule has 2 N–H and O–H groups in total. The van der Waals surface area contributed by atoms with E-state index in [1.807, 2.05) is 24.3 Å². The van der Waals surface area contributed by atoms with Gasteiger partial charge in [0.25, 0.3) is 5.69 Å². The molecule has 0 bridgehead atoms. The van der Waals surface area contributed by atoms with Crippen molar-refractivity contribution in [2.24, 2.45) is 0 Å². The van der Waals surface area contributed by atoms with Crippen molar-refractivity contribution in [2.75, 3.05) is 24.3 Å². The van der Waals surface area contributed by atoms with Crippen LogP contribution in [0.15, 0.2) is 46.9 Å². The Bertz CT molecular complexity index is 719. The largest absolute Gasteiger partial charge is 0.496 e. The van der Waals surface area contributed by atoms with Crippen LogP contribution in [0, 0.1) is 10.1 Å². The number of halogens is 1. The Labute approximate surface area is 140 Å². The number of hydrogen-bond acceptors (Lipinski definition) is 5. The van der Waals surface area contributed by atoms with Gasteiger partial charge in [0, 0.05) is 10.2 Å². The van der Waals surface area contributed by atoms with E-state index in [0.29, 0.717) is 5.75 Å². The maximum absolute atomic E-state index is 11.9. The molecule has 2 aromatic rings. The molecule has 0 aliphatic carbocycles. The molecule has 0 aliphatic rings. The van der Waals surface area contributed by atoms with Gasteiger partial charge < -0.3 is 15.4 Å². The summed E-state index contributed by atoms with van der Waals surface area (Å²) >= 11 is 3.32. The van der Waals surface area contributed by atoms with E-state index < -0.39 is 4.92 Å². The number of nitrogens with one attached hydrogen (secondary N) is 2. The third-order valence-electron chi connectivity index (χ3n) is 2.97. The molecule has 2 aromatic carbocycles. The lowest BCUT2D eigenvalue weighted by atomic mass is 10.2. The fraction of sp³-hybridized carbons (Fsp3) is 0.133. The first-order valence-electron chi connectivity index (χ1n) is 6.61. The Morgan fingerprint density at radius 1 is 1.26 bits per heavy atom. The zero-order valence-electron chi connectivity index (χ0n) is 12.2. The van der Waals surface area contributed by atoms with Gasteiger partial charge in [-0.15, -0.1) is 0 Å². The van der Waals surface area contributed by atoms with Crippen LogP contribution >= 0.6 is 15.9 Å². The van der Waals surface area contributed by atoms with E-state index >= 15 is 0 Å². The maximum Gasteiger partial charge on any atom is 0.296 e. The van der Waals surface area contributed by atoms with Crippen molar-refractivity contribution >= 4 is 38.9 Å². The lowest BCUT2D eigenvalue weighted by molar-refractivity contribution is -0.384. The van der Waals surface area contributed by atoms with Crippen molar-refractivity contribution in [2.45, 2.75) is 0 Å². The summed E-state index contributed by atoms with van der Waals surface area (Å²) in [5.41, 5.74) is 0.673. The SMILES string of the molecule is COc1ccc(NC(=O)CNc2ccc(Br)cc2)c([N+](=O)[O-])c1. The summed E-state index contributed by atoms with van der Waals surface area (Å²) in [6.45, 7) is -0.00911. The molecule has 120 valence electrons. The van der Waals surface area contributed by atoms with E-state index in [1.54, 1.807) is 6.07 Å². The molecular weight excluding hydrogens is 366 g/mol. The molecule has 1 amide bonds. The molecule has 0 fully saturated rings.